The molecule has 1 aromatic heterocycles. The van der Waals surface area contributed by atoms with Crippen LogP contribution in [0.3, 0.4) is 0 Å². The number of hydrogen-bond acceptors (Lipinski definition) is 6. The van der Waals surface area contributed by atoms with Gasteiger partial charge in [0.2, 0.25) is 0 Å². The molecule has 3 aromatic rings. The Hall–Kier alpha value is -3.21. The molecule has 0 unspecified atom stereocenters. The molecular formula is C27H31F2N3O4S. The SMILES string of the molecule is CCc1cccc(CNC[C@@H](O)[C@H](Cc2cc(F)cc(F)c2)NC(=O)c2cncc(CS(C)(=O)=O)c2)c1. The van der Waals surface area contributed by atoms with Crippen molar-refractivity contribution < 1.29 is 27.1 Å². The first-order valence-corrected chi connectivity index (χ1v) is 13.9. The summed E-state index contributed by atoms with van der Waals surface area (Å²) in [5.74, 6) is -2.40. The van der Waals surface area contributed by atoms with Crippen LogP contribution in [-0.2, 0) is 35.0 Å². The van der Waals surface area contributed by atoms with Crippen LogP contribution in [-0.4, -0.2) is 49.4 Å². The first-order chi connectivity index (χ1) is 17.5. The second-order valence-electron chi connectivity index (χ2n) is 9.09. The van der Waals surface area contributed by atoms with Gasteiger partial charge in [0.1, 0.15) is 11.6 Å². The number of nitrogens with one attached hydrogen (secondary N) is 2. The third-order valence-corrected chi connectivity index (χ3v) is 6.58. The highest BCUT2D eigenvalue weighted by molar-refractivity contribution is 7.89. The van der Waals surface area contributed by atoms with Crippen LogP contribution >= 0.6 is 0 Å². The van der Waals surface area contributed by atoms with Crippen LogP contribution in [0.1, 0.15) is 39.5 Å². The molecule has 0 spiro atoms. The lowest BCUT2D eigenvalue weighted by atomic mass is 10.00. The third kappa shape index (κ3) is 9.31. The molecular weight excluding hydrogens is 500 g/mol. The molecule has 0 saturated carbocycles. The zero-order chi connectivity index (χ0) is 27.0. The van der Waals surface area contributed by atoms with Crippen molar-refractivity contribution in [2.45, 2.75) is 44.2 Å². The number of hydrogen-bond donors (Lipinski definition) is 3. The van der Waals surface area contributed by atoms with E-state index in [1.807, 2.05) is 18.2 Å². The second-order valence-corrected chi connectivity index (χ2v) is 11.2. The number of amides is 1. The van der Waals surface area contributed by atoms with E-state index in [2.05, 4.69) is 28.6 Å². The number of benzene rings is 2. The smallest absolute Gasteiger partial charge is 0.253 e. The highest BCUT2D eigenvalue weighted by atomic mass is 32.2. The van der Waals surface area contributed by atoms with Gasteiger partial charge in [0.25, 0.3) is 5.91 Å². The maximum Gasteiger partial charge on any atom is 0.253 e. The molecule has 37 heavy (non-hydrogen) atoms. The standard InChI is InChI=1S/C27H31F2N3O4S/c1-3-18-5-4-6-19(7-18)13-31-16-26(33)25(11-20-9-23(28)12-24(29)10-20)32-27(34)22-8-21(14-30-15-22)17-37(2,35)36/h4-10,12,14-15,25-26,31,33H,3,11,13,16-17H2,1-2H3,(H,32,34)/t25-,26+/m0/s1. The summed E-state index contributed by atoms with van der Waals surface area (Å²) in [4.78, 5) is 16.9. The molecule has 0 saturated heterocycles. The lowest BCUT2D eigenvalue weighted by Crippen LogP contribution is -2.48. The summed E-state index contributed by atoms with van der Waals surface area (Å²) in [5.41, 5.74) is 2.93. The molecule has 1 heterocycles. The fourth-order valence-electron chi connectivity index (χ4n) is 3.98. The number of aromatic nitrogens is 1. The summed E-state index contributed by atoms with van der Waals surface area (Å²) in [7, 11) is -3.33. The minimum Gasteiger partial charge on any atom is -0.390 e. The molecule has 3 N–H and O–H groups in total. The molecule has 2 aromatic carbocycles. The van der Waals surface area contributed by atoms with Gasteiger partial charge in [0.15, 0.2) is 9.84 Å². The Bertz CT molecular complexity index is 1310. The molecule has 0 aliphatic carbocycles. The first-order valence-electron chi connectivity index (χ1n) is 11.9. The number of carbonyl (C=O) groups is 1. The average molecular weight is 532 g/mol. The van der Waals surface area contributed by atoms with Gasteiger partial charge in [-0.2, -0.15) is 0 Å². The Morgan fingerprint density at radius 2 is 1.70 bits per heavy atom. The summed E-state index contributed by atoms with van der Waals surface area (Å²) >= 11 is 0. The summed E-state index contributed by atoms with van der Waals surface area (Å²) < 4.78 is 50.8. The molecule has 0 fully saturated rings. The van der Waals surface area contributed by atoms with Gasteiger partial charge in [-0.15, -0.1) is 0 Å². The Kier molecular flexibility index (Phi) is 9.85. The van der Waals surface area contributed by atoms with Crippen molar-refractivity contribution in [3.05, 3.63) is 100 Å². The van der Waals surface area contributed by atoms with Crippen LogP contribution in [0.4, 0.5) is 8.78 Å². The molecule has 10 heteroatoms. The molecule has 3 rings (SSSR count). The average Bonchev–Trinajstić information content (AvgIpc) is 2.82. The van der Waals surface area contributed by atoms with E-state index in [0.717, 1.165) is 36.4 Å². The molecule has 0 aliphatic heterocycles. The number of sulfone groups is 1. The molecule has 0 radical (unpaired) electrons. The lowest BCUT2D eigenvalue weighted by molar-refractivity contribution is 0.0829. The van der Waals surface area contributed by atoms with Crippen molar-refractivity contribution in [3.63, 3.8) is 0 Å². The topological polar surface area (TPSA) is 108 Å². The van der Waals surface area contributed by atoms with E-state index < -0.39 is 39.5 Å². The Balaban J connectivity index is 1.74. The summed E-state index contributed by atoms with van der Waals surface area (Å²) in [5, 5.41) is 16.8. The number of aliphatic hydroxyl groups is 1. The number of aliphatic hydroxyl groups excluding tert-OH is 1. The third-order valence-electron chi connectivity index (χ3n) is 5.73. The normalized spacial score (nSPS) is 13.2. The maximum atomic E-state index is 13.8. The number of pyridine rings is 1. The monoisotopic (exact) mass is 531 g/mol. The van der Waals surface area contributed by atoms with Gasteiger partial charge in [0.05, 0.1) is 23.5 Å². The van der Waals surface area contributed by atoms with E-state index in [4.69, 9.17) is 0 Å². The van der Waals surface area contributed by atoms with Gasteiger partial charge >= 0.3 is 0 Å². The number of carbonyl (C=O) groups excluding carboxylic acids is 1. The fraction of sp³-hybridized carbons (Fsp3) is 0.333. The van der Waals surface area contributed by atoms with Gasteiger partial charge in [-0.25, -0.2) is 17.2 Å². The Morgan fingerprint density at radius 3 is 2.38 bits per heavy atom. The van der Waals surface area contributed by atoms with Gasteiger partial charge in [-0.1, -0.05) is 31.2 Å². The number of aryl methyl sites for hydroxylation is 1. The zero-order valence-corrected chi connectivity index (χ0v) is 21.6. The van der Waals surface area contributed by atoms with Crippen LogP contribution in [0.5, 0.6) is 0 Å². The summed E-state index contributed by atoms with van der Waals surface area (Å²) in [6.07, 6.45) is 3.48. The minimum absolute atomic E-state index is 0.0367. The predicted octanol–water partition coefficient (Wildman–Crippen LogP) is 2.96. The van der Waals surface area contributed by atoms with Crippen LogP contribution in [0.25, 0.3) is 0 Å². The molecule has 0 aliphatic rings. The molecule has 2 atom stereocenters. The van der Waals surface area contributed by atoms with E-state index in [1.165, 1.54) is 24.0 Å². The summed E-state index contributed by atoms with van der Waals surface area (Å²) in [6.45, 7) is 2.65. The van der Waals surface area contributed by atoms with Crippen molar-refractivity contribution >= 4 is 15.7 Å². The highest BCUT2D eigenvalue weighted by Crippen LogP contribution is 2.14. The second kappa shape index (κ2) is 12.8. The number of nitrogens with zero attached hydrogens (tertiary/aromatic N) is 1. The van der Waals surface area contributed by atoms with Gasteiger partial charge in [0, 0.05) is 37.8 Å². The predicted molar refractivity (Wildman–Crippen MR) is 138 cm³/mol. The zero-order valence-electron chi connectivity index (χ0n) is 20.7. The fourth-order valence-corrected chi connectivity index (χ4v) is 4.74. The molecule has 198 valence electrons. The number of halogens is 2. The van der Waals surface area contributed by atoms with E-state index in [-0.39, 0.29) is 29.8 Å². The van der Waals surface area contributed by atoms with Crippen LogP contribution in [0.15, 0.2) is 60.9 Å². The highest BCUT2D eigenvalue weighted by Gasteiger charge is 2.23. The minimum atomic E-state index is -3.33. The Labute approximate surface area is 215 Å². The van der Waals surface area contributed by atoms with Crippen molar-refractivity contribution in [3.8, 4) is 0 Å². The molecule has 0 bridgehead atoms. The lowest BCUT2D eigenvalue weighted by Gasteiger charge is -2.25. The van der Waals surface area contributed by atoms with E-state index in [0.29, 0.717) is 12.1 Å². The van der Waals surface area contributed by atoms with E-state index in [9.17, 15) is 27.1 Å². The van der Waals surface area contributed by atoms with Gasteiger partial charge < -0.3 is 15.7 Å². The first kappa shape index (κ1) is 28.4. The number of rotatable bonds is 12. The van der Waals surface area contributed by atoms with Crippen LogP contribution in [0, 0.1) is 11.6 Å². The quantitative estimate of drug-likeness (QED) is 0.332. The van der Waals surface area contributed by atoms with Crippen molar-refractivity contribution in [1.29, 1.82) is 0 Å². The van der Waals surface area contributed by atoms with Crippen LogP contribution < -0.4 is 10.6 Å². The molecule has 1 amide bonds. The van der Waals surface area contributed by atoms with Crippen LogP contribution in [0.2, 0.25) is 0 Å². The van der Waals surface area contributed by atoms with Crippen molar-refractivity contribution in [1.82, 2.24) is 15.6 Å². The van der Waals surface area contributed by atoms with Crippen molar-refractivity contribution in [2.75, 3.05) is 12.8 Å². The van der Waals surface area contributed by atoms with E-state index in [1.54, 1.807) is 0 Å². The van der Waals surface area contributed by atoms with Gasteiger partial charge in [-0.3, -0.25) is 9.78 Å². The summed E-state index contributed by atoms with van der Waals surface area (Å²) in [6, 6.07) is 11.6. The molecule has 7 nitrogen and oxygen atoms in total. The maximum absolute atomic E-state index is 13.8. The Morgan fingerprint density at radius 1 is 1.00 bits per heavy atom. The van der Waals surface area contributed by atoms with E-state index >= 15 is 0 Å². The van der Waals surface area contributed by atoms with Crippen molar-refractivity contribution in [2.24, 2.45) is 0 Å². The largest absolute Gasteiger partial charge is 0.390 e. The van der Waals surface area contributed by atoms with Gasteiger partial charge in [-0.05, 0) is 53.3 Å².